The number of aromatic amines is 1. The van der Waals surface area contributed by atoms with Crippen molar-refractivity contribution in [3.63, 3.8) is 0 Å². The molecule has 1 aliphatic rings. The molecule has 4 heteroatoms. The summed E-state index contributed by atoms with van der Waals surface area (Å²) < 4.78 is 0. The van der Waals surface area contributed by atoms with Crippen LogP contribution in [-0.4, -0.2) is 34.3 Å². The molecule has 1 fully saturated rings. The first-order valence-electron chi connectivity index (χ1n) is 7.56. The van der Waals surface area contributed by atoms with Gasteiger partial charge in [0.05, 0.1) is 11.8 Å². The number of hydrogen-bond donors (Lipinski definition) is 2. The van der Waals surface area contributed by atoms with Crippen molar-refractivity contribution in [3.05, 3.63) is 24.0 Å². The van der Waals surface area contributed by atoms with Gasteiger partial charge in [-0.25, -0.2) is 4.98 Å². The molecule has 0 saturated heterocycles. The van der Waals surface area contributed by atoms with E-state index in [1.165, 1.54) is 16.6 Å². The minimum Gasteiger partial charge on any atom is -0.393 e. The maximum absolute atomic E-state index is 9.69. The highest BCUT2D eigenvalue weighted by Crippen LogP contribution is 2.33. The Morgan fingerprint density at radius 1 is 1.35 bits per heavy atom. The van der Waals surface area contributed by atoms with E-state index in [2.05, 4.69) is 34.9 Å². The third kappa shape index (κ3) is 2.29. The Hall–Kier alpha value is -1.55. The van der Waals surface area contributed by atoms with Gasteiger partial charge in [-0.15, -0.1) is 0 Å². The standard InChI is InChI=1S/C16H23N3O/c1-3-11-10-18-16-14(8-9-17-16)15(11)19(2)12-4-6-13(20)7-5-12/h8-10,12-13,20H,3-7H2,1-2H3,(H,17,18)/t12-,13-. The van der Waals surface area contributed by atoms with Crippen LogP contribution in [0.3, 0.4) is 0 Å². The van der Waals surface area contributed by atoms with E-state index in [0.29, 0.717) is 6.04 Å². The minimum absolute atomic E-state index is 0.102. The highest BCUT2D eigenvalue weighted by molar-refractivity contribution is 5.91. The van der Waals surface area contributed by atoms with Gasteiger partial charge in [0.1, 0.15) is 5.65 Å². The van der Waals surface area contributed by atoms with Gasteiger partial charge in [0.2, 0.25) is 0 Å². The number of anilines is 1. The van der Waals surface area contributed by atoms with E-state index in [-0.39, 0.29) is 6.10 Å². The molecule has 0 unspecified atom stereocenters. The molecule has 2 aromatic rings. The number of aromatic nitrogens is 2. The van der Waals surface area contributed by atoms with E-state index in [1.807, 2.05) is 12.4 Å². The van der Waals surface area contributed by atoms with Gasteiger partial charge in [-0.2, -0.15) is 0 Å². The second-order valence-corrected chi connectivity index (χ2v) is 5.80. The lowest BCUT2D eigenvalue weighted by molar-refractivity contribution is 0.122. The molecule has 0 aromatic carbocycles. The van der Waals surface area contributed by atoms with Crippen molar-refractivity contribution in [1.82, 2.24) is 9.97 Å². The normalized spacial score (nSPS) is 23.1. The third-order valence-corrected chi connectivity index (χ3v) is 4.58. The Morgan fingerprint density at radius 2 is 2.10 bits per heavy atom. The van der Waals surface area contributed by atoms with Crippen LogP contribution in [-0.2, 0) is 6.42 Å². The molecular formula is C16H23N3O. The molecule has 2 N–H and O–H groups in total. The van der Waals surface area contributed by atoms with Crippen LogP contribution in [0.2, 0.25) is 0 Å². The van der Waals surface area contributed by atoms with Crippen molar-refractivity contribution in [1.29, 1.82) is 0 Å². The highest BCUT2D eigenvalue weighted by Gasteiger charge is 2.25. The average molecular weight is 273 g/mol. The number of hydrogen-bond acceptors (Lipinski definition) is 3. The summed E-state index contributed by atoms with van der Waals surface area (Å²) in [6.07, 6.45) is 8.79. The molecule has 0 atom stereocenters. The van der Waals surface area contributed by atoms with Crippen molar-refractivity contribution in [2.24, 2.45) is 0 Å². The predicted molar refractivity (Wildman–Crippen MR) is 82.1 cm³/mol. The molecule has 1 aliphatic carbocycles. The van der Waals surface area contributed by atoms with Crippen LogP contribution in [0, 0.1) is 0 Å². The number of rotatable bonds is 3. The predicted octanol–water partition coefficient (Wildman–Crippen LogP) is 2.87. The summed E-state index contributed by atoms with van der Waals surface area (Å²) in [5.41, 5.74) is 3.56. The lowest BCUT2D eigenvalue weighted by Gasteiger charge is -2.36. The van der Waals surface area contributed by atoms with E-state index in [4.69, 9.17) is 0 Å². The molecule has 0 radical (unpaired) electrons. The first-order valence-corrected chi connectivity index (χ1v) is 7.56. The van der Waals surface area contributed by atoms with Gasteiger partial charge in [-0.3, -0.25) is 0 Å². The van der Waals surface area contributed by atoms with E-state index < -0.39 is 0 Å². The number of H-pyrrole nitrogens is 1. The maximum atomic E-state index is 9.69. The average Bonchev–Trinajstić information content (AvgIpc) is 2.94. The fourth-order valence-electron chi connectivity index (χ4n) is 3.34. The Kier molecular flexibility index (Phi) is 3.66. The number of fused-ring (bicyclic) bond motifs is 1. The smallest absolute Gasteiger partial charge is 0.139 e. The van der Waals surface area contributed by atoms with Crippen molar-refractivity contribution in [2.75, 3.05) is 11.9 Å². The van der Waals surface area contributed by atoms with Gasteiger partial charge in [-0.05, 0) is 43.7 Å². The zero-order valence-corrected chi connectivity index (χ0v) is 12.3. The Labute approximate surface area is 119 Å². The van der Waals surface area contributed by atoms with Crippen LogP contribution in [0.25, 0.3) is 11.0 Å². The second-order valence-electron chi connectivity index (χ2n) is 5.80. The zero-order valence-electron chi connectivity index (χ0n) is 12.3. The molecule has 2 heterocycles. The summed E-state index contributed by atoms with van der Waals surface area (Å²) in [7, 11) is 2.18. The molecule has 0 aliphatic heterocycles. The highest BCUT2D eigenvalue weighted by atomic mass is 16.3. The maximum Gasteiger partial charge on any atom is 0.139 e. The van der Waals surface area contributed by atoms with Gasteiger partial charge in [-0.1, -0.05) is 6.92 Å². The van der Waals surface area contributed by atoms with Crippen LogP contribution in [0.4, 0.5) is 5.69 Å². The first kappa shape index (κ1) is 13.4. The molecule has 1 saturated carbocycles. The fraction of sp³-hybridized carbons (Fsp3) is 0.562. The van der Waals surface area contributed by atoms with E-state index in [1.54, 1.807) is 0 Å². The van der Waals surface area contributed by atoms with Crippen LogP contribution < -0.4 is 4.90 Å². The summed E-state index contributed by atoms with van der Waals surface area (Å²) in [6.45, 7) is 2.18. The van der Waals surface area contributed by atoms with Crippen LogP contribution in [0.15, 0.2) is 18.5 Å². The van der Waals surface area contributed by atoms with Crippen LogP contribution in [0.1, 0.15) is 38.2 Å². The second kappa shape index (κ2) is 5.44. The molecule has 108 valence electrons. The Morgan fingerprint density at radius 3 is 2.80 bits per heavy atom. The van der Waals surface area contributed by atoms with Gasteiger partial charge in [0, 0.05) is 30.9 Å². The monoisotopic (exact) mass is 273 g/mol. The summed E-state index contributed by atoms with van der Waals surface area (Å²) >= 11 is 0. The molecule has 4 nitrogen and oxygen atoms in total. The number of aryl methyl sites for hydroxylation is 1. The molecule has 0 amide bonds. The molecular weight excluding hydrogens is 250 g/mol. The van der Waals surface area contributed by atoms with Gasteiger partial charge in [0.15, 0.2) is 0 Å². The first-order chi connectivity index (χ1) is 9.70. The quantitative estimate of drug-likeness (QED) is 0.904. The van der Waals surface area contributed by atoms with Gasteiger partial charge in [0.25, 0.3) is 0 Å². The number of aliphatic hydroxyl groups excluding tert-OH is 1. The lowest BCUT2D eigenvalue weighted by atomic mass is 9.91. The SMILES string of the molecule is CCc1cnc2[nH]ccc2c1N(C)[C@H]1CC[C@H](O)CC1. The van der Waals surface area contributed by atoms with E-state index in [0.717, 1.165) is 37.8 Å². The minimum atomic E-state index is -0.102. The van der Waals surface area contributed by atoms with E-state index >= 15 is 0 Å². The number of aliphatic hydroxyl groups is 1. The molecule has 0 spiro atoms. The number of pyridine rings is 1. The van der Waals surface area contributed by atoms with Crippen molar-refractivity contribution < 1.29 is 5.11 Å². The molecule has 0 bridgehead atoms. The number of nitrogens with zero attached hydrogens (tertiary/aromatic N) is 2. The summed E-state index contributed by atoms with van der Waals surface area (Å²) in [5.74, 6) is 0. The van der Waals surface area contributed by atoms with Gasteiger partial charge >= 0.3 is 0 Å². The Balaban J connectivity index is 1.97. The lowest BCUT2D eigenvalue weighted by Crippen LogP contribution is -2.37. The van der Waals surface area contributed by atoms with Crippen LogP contribution in [0.5, 0.6) is 0 Å². The molecule has 2 aromatic heterocycles. The topological polar surface area (TPSA) is 52.2 Å². The van der Waals surface area contributed by atoms with Crippen LogP contribution >= 0.6 is 0 Å². The summed E-state index contributed by atoms with van der Waals surface area (Å²) in [5, 5.41) is 10.9. The molecule has 3 rings (SSSR count). The Bertz CT molecular complexity index is 584. The third-order valence-electron chi connectivity index (χ3n) is 4.58. The summed E-state index contributed by atoms with van der Waals surface area (Å²) in [4.78, 5) is 10.1. The largest absolute Gasteiger partial charge is 0.393 e. The number of nitrogens with one attached hydrogen (secondary N) is 1. The van der Waals surface area contributed by atoms with Gasteiger partial charge < -0.3 is 15.0 Å². The van der Waals surface area contributed by atoms with Crippen molar-refractivity contribution in [3.8, 4) is 0 Å². The van der Waals surface area contributed by atoms with Crippen molar-refractivity contribution in [2.45, 2.75) is 51.2 Å². The summed E-state index contributed by atoms with van der Waals surface area (Å²) in [6, 6.07) is 2.63. The molecule has 20 heavy (non-hydrogen) atoms. The van der Waals surface area contributed by atoms with Crippen molar-refractivity contribution >= 4 is 16.7 Å². The zero-order chi connectivity index (χ0) is 14.1. The fourth-order valence-corrected chi connectivity index (χ4v) is 3.34. The van der Waals surface area contributed by atoms with E-state index in [9.17, 15) is 5.11 Å².